The molecule has 0 radical (unpaired) electrons. The highest BCUT2D eigenvalue weighted by Gasteiger charge is 2.27. The van der Waals surface area contributed by atoms with E-state index in [1.807, 2.05) is 13.0 Å². The van der Waals surface area contributed by atoms with Crippen molar-refractivity contribution in [2.75, 3.05) is 19.8 Å². The van der Waals surface area contributed by atoms with Crippen molar-refractivity contribution in [2.45, 2.75) is 32.2 Å². The van der Waals surface area contributed by atoms with Crippen LogP contribution >= 0.6 is 0 Å². The Balaban J connectivity index is 2.16. The highest BCUT2D eigenvalue weighted by Crippen LogP contribution is 2.17. The van der Waals surface area contributed by atoms with Crippen LogP contribution in [0, 0.1) is 6.92 Å². The Bertz CT molecular complexity index is 512. The Morgan fingerprint density at radius 2 is 2.10 bits per heavy atom. The van der Waals surface area contributed by atoms with Crippen LogP contribution in [0.3, 0.4) is 0 Å². The highest BCUT2D eigenvalue weighted by atomic mass is 16.5. The van der Waals surface area contributed by atoms with Crippen molar-refractivity contribution < 1.29 is 19.4 Å². The molecule has 0 aliphatic carbocycles. The van der Waals surface area contributed by atoms with Gasteiger partial charge in [-0.15, -0.1) is 0 Å². The number of aliphatic carboxylic acids is 1. The fourth-order valence-electron chi connectivity index (χ4n) is 2.47. The third-order valence-electron chi connectivity index (χ3n) is 3.57. The lowest BCUT2D eigenvalue weighted by molar-refractivity contribution is -0.137. The second-order valence-electron chi connectivity index (χ2n) is 5.15. The molecule has 1 fully saturated rings. The van der Waals surface area contributed by atoms with Gasteiger partial charge in [0.1, 0.15) is 5.69 Å². The number of carboxylic acids is 1. The molecule has 2 rings (SSSR count). The molecule has 21 heavy (non-hydrogen) atoms. The summed E-state index contributed by atoms with van der Waals surface area (Å²) in [6.07, 6.45) is 1.41. The number of aromatic nitrogens is 1. The maximum Gasteiger partial charge on any atom is 0.305 e. The van der Waals surface area contributed by atoms with E-state index in [1.54, 1.807) is 17.0 Å². The van der Waals surface area contributed by atoms with Crippen molar-refractivity contribution in [3.05, 3.63) is 29.6 Å². The van der Waals surface area contributed by atoms with E-state index >= 15 is 0 Å². The van der Waals surface area contributed by atoms with Crippen molar-refractivity contribution in [2.24, 2.45) is 0 Å². The first-order valence-corrected chi connectivity index (χ1v) is 7.12. The van der Waals surface area contributed by atoms with Gasteiger partial charge in [0, 0.05) is 31.5 Å². The molecule has 2 heterocycles. The van der Waals surface area contributed by atoms with Gasteiger partial charge in [-0.3, -0.25) is 9.59 Å². The number of carbonyl (C=O) groups excluding carboxylic acids is 1. The molecular formula is C15H20N2O4. The number of ether oxygens (including phenoxy) is 1. The van der Waals surface area contributed by atoms with Crippen molar-refractivity contribution in [1.29, 1.82) is 0 Å². The second kappa shape index (κ2) is 7.17. The van der Waals surface area contributed by atoms with E-state index in [4.69, 9.17) is 9.84 Å². The molecule has 1 saturated heterocycles. The molecule has 1 aliphatic rings. The standard InChI is InChI=1S/C15H20N2O4/c1-11-3-2-4-13(16-11)15(20)17(8-5-14(18)19)12-6-9-21-10-7-12/h2-4,12H,5-10H2,1H3,(H,18,19). The molecule has 0 spiro atoms. The molecule has 0 aromatic carbocycles. The number of carboxylic acid groups (broad SMARTS) is 1. The predicted octanol–water partition coefficient (Wildman–Crippen LogP) is 1.49. The van der Waals surface area contributed by atoms with E-state index < -0.39 is 5.97 Å². The Hall–Kier alpha value is -1.95. The molecule has 1 aliphatic heterocycles. The van der Waals surface area contributed by atoms with Crippen LogP contribution in [0.4, 0.5) is 0 Å². The lowest BCUT2D eigenvalue weighted by Gasteiger charge is -2.34. The monoisotopic (exact) mass is 292 g/mol. The van der Waals surface area contributed by atoms with E-state index in [2.05, 4.69) is 4.98 Å². The number of hydrogen-bond acceptors (Lipinski definition) is 4. The van der Waals surface area contributed by atoms with E-state index in [0.717, 1.165) is 18.5 Å². The van der Waals surface area contributed by atoms with E-state index in [1.165, 1.54) is 0 Å². The number of aryl methyl sites for hydroxylation is 1. The third kappa shape index (κ3) is 4.26. The van der Waals surface area contributed by atoms with E-state index in [0.29, 0.717) is 18.9 Å². The van der Waals surface area contributed by atoms with Gasteiger partial charge in [-0.2, -0.15) is 0 Å². The zero-order chi connectivity index (χ0) is 15.2. The number of hydrogen-bond donors (Lipinski definition) is 1. The molecule has 0 atom stereocenters. The van der Waals surface area contributed by atoms with Crippen LogP contribution in [0.15, 0.2) is 18.2 Å². The molecule has 1 amide bonds. The zero-order valence-electron chi connectivity index (χ0n) is 12.1. The van der Waals surface area contributed by atoms with E-state index in [9.17, 15) is 9.59 Å². The number of carbonyl (C=O) groups is 2. The van der Waals surface area contributed by atoms with Gasteiger partial charge in [-0.25, -0.2) is 4.98 Å². The summed E-state index contributed by atoms with van der Waals surface area (Å²) in [6, 6.07) is 5.30. The molecule has 1 aromatic heterocycles. The van der Waals surface area contributed by atoms with Gasteiger partial charge in [-0.05, 0) is 31.9 Å². The Morgan fingerprint density at radius 3 is 2.71 bits per heavy atom. The maximum absolute atomic E-state index is 12.6. The van der Waals surface area contributed by atoms with Crippen molar-refractivity contribution in [1.82, 2.24) is 9.88 Å². The molecule has 1 aromatic rings. The summed E-state index contributed by atoms with van der Waals surface area (Å²) in [5.74, 6) is -1.11. The summed E-state index contributed by atoms with van der Waals surface area (Å²) < 4.78 is 5.31. The third-order valence-corrected chi connectivity index (χ3v) is 3.57. The van der Waals surface area contributed by atoms with Gasteiger partial charge in [-0.1, -0.05) is 6.07 Å². The number of pyridine rings is 1. The summed E-state index contributed by atoms with van der Waals surface area (Å²) in [4.78, 5) is 29.3. The smallest absolute Gasteiger partial charge is 0.305 e. The Morgan fingerprint density at radius 1 is 1.38 bits per heavy atom. The first-order valence-electron chi connectivity index (χ1n) is 7.12. The summed E-state index contributed by atoms with van der Waals surface area (Å²) in [5.41, 5.74) is 1.14. The maximum atomic E-state index is 12.6. The summed E-state index contributed by atoms with van der Waals surface area (Å²) >= 11 is 0. The van der Waals surface area contributed by atoms with Gasteiger partial charge in [0.2, 0.25) is 0 Å². The van der Waals surface area contributed by atoms with Crippen molar-refractivity contribution in [3.8, 4) is 0 Å². The summed E-state index contributed by atoms with van der Waals surface area (Å²) in [6.45, 7) is 3.23. The molecule has 0 saturated carbocycles. The molecule has 1 N–H and O–H groups in total. The van der Waals surface area contributed by atoms with Crippen molar-refractivity contribution in [3.63, 3.8) is 0 Å². The van der Waals surface area contributed by atoms with Gasteiger partial charge < -0.3 is 14.7 Å². The van der Waals surface area contributed by atoms with Crippen LogP contribution in [0.1, 0.15) is 35.4 Å². The van der Waals surface area contributed by atoms with E-state index in [-0.39, 0.29) is 24.9 Å². The highest BCUT2D eigenvalue weighted by molar-refractivity contribution is 5.92. The Labute approximate surface area is 123 Å². The number of rotatable bonds is 5. The quantitative estimate of drug-likeness (QED) is 0.889. The minimum absolute atomic E-state index is 0.0212. The van der Waals surface area contributed by atoms with Crippen LogP contribution in [0.2, 0.25) is 0 Å². The number of amides is 1. The first kappa shape index (κ1) is 15.4. The van der Waals surface area contributed by atoms with Gasteiger partial charge in [0.25, 0.3) is 5.91 Å². The summed E-state index contributed by atoms with van der Waals surface area (Å²) in [5, 5.41) is 8.88. The van der Waals surface area contributed by atoms with Crippen LogP contribution < -0.4 is 0 Å². The number of nitrogens with zero attached hydrogens (tertiary/aromatic N) is 2. The molecule has 6 nitrogen and oxygen atoms in total. The molecule has 0 unspecified atom stereocenters. The second-order valence-corrected chi connectivity index (χ2v) is 5.15. The Kier molecular flexibility index (Phi) is 5.27. The van der Waals surface area contributed by atoms with Crippen molar-refractivity contribution >= 4 is 11.9 Å². The van der Waals surface area contributed by atoms with Crippen LogP contribution in [0.25, 0.3) is 0 Å². The molecular weight excluding hydrogens is 272 g/mol. The fourth-order valence-corrected chi connectivity index (χ4v) is 2.47. The molecule has 6 heteroatoms. The molecule has 0 bridgehead atoms. The van der Waals surface area contributed by atoms with Crippen LogP contribution in [0.5, 0.6) is 0 Å². The SMILES string of the molecule is Cc1cccc(C(=O)N(CCC(=O)O)C2CCOCC2)n1. The lowest BCUT2D eigenvalue weighted by Crippen LogP contribution is -2.44. The minimum atomic E-state index is -0.905. The average Bonchev–Trinajstić information content (AvgIpc) is 2.48. The topological polar surface area (TPSA) is 79.7 Å². The first-order chi connectivity index (χ1) is 10.1. The molecule has 114 valence electrons. The van der Waals surface area contributed by atoms with Gasteiger partial charge >= 0.3 is 5.97 Å². The zero-order valence-corrected chi connectivity index (χ0v) is 12.1. The van der Waals surface area contributed by atoms with Crippen LogP contribution in [-0.4, -0.2) is 52.7 Å². The van der Waals surface area contributed by atoms with Gasteiger partial charge in [0.05, 0.1) is 6.42 Å². The lowest BCUT2D eigenvalue weighted by atomic mass is 10.1. The minimum Gasteiger partial charge on any atom is -0.481 e. The van der Waals surface area contributed by atoms with Gasteiger partial charge in [0.15, 0.2) is 0 Å². The largest absolute Gasteiger partial charge is 0.481 e. The normalized spacial score (nSPS) is 15.7. The van der Waals surface area contributed by atoms with Crippen LogP contribution in [-0.2, 0) is 9.53 Å². The average molecular weight is 292 g/mol. The fraction of sp³-hybridized carbons (Fsp3) is 0.533. The summed E-state index contributed by atoms with van der Waals surface area (Å²) in [7, 11) is 0. The predicted molar refractivity (Wildman–Crippen MR) is 76.1 cm³/mol.